The van der Waals surface area contributed by atoms with Crippen LogP contribution in [0.4, 0.5) is 4.79 Å². The number of ether oxygens (including phenoxy) is 1. The number of hydrogen-bond donors (Lipinski definition) is 1. The monoisotopic (exact) mass is 214 g/mol. The summed E-state index contributed by atoms with van der Waals surface area (Å²) in [5.74, 6) is 0. The van der Waals surface area contributed by atoms with Crippen molar-refractivity contribution in [3.05, 3.63) is 0 Å². The summed E-state index contributed by atoms with van der Waals surface area (Å²) < 4.78 is 5.21. The molecular formula is C10H18N2O3. The third-order valence-electron chi connectivity index (χ3n) is 2.07. The highest BCUT2D eigenvalue weighted by atomic mass is 16.6. The van der Waals surface area contributed by atoms with E-state index in [2.05, 4.69) is 5.32 Å². The predicted octanol–water partition coefficient (Wildman–Crippen LogP) is 0.394. The fourth-order valence-corrected chi connectivity index (χ4v) is 1.39. The molecule has 5 nitrogen and oxygen atoms in total. The van der Waals surface area contributed by atoms with E-state index in [0.717, 1.165) is 6.29 Å². The van der Waals surface area contributed by atoms with Gasteiger partial charge in [-0.1, -0.05) is 0 Å². The molecule has 86 valence electrons. The molecule has 0 aliphatic carbocycles. The molecule has 0 aromatic heterocycles. The van der Waals surface area contributed by atoms with Crippen LogP contribution in [-0.2, 0) is 9.53 Å². The van der Waals surface area contributed by atoms with Crippen LogP contribution in [0.15, 0.2) is 0 Å². The van der Waals surface area contributed by atoms with E-state index in [0.29, 0.717) is 19.6 Å². The summed E-state index contributed by atoms with van der Waals surface area (Å²) in [6.45, 7) is 7.14. The lowest BCUT2D eigenvalue weighted by Gasteiger charge is -2.34. The number of amides is 1. The van der Waals surface area contributed by atoms with Gasteiger partial charge in [0.05, 0.1) is 0 Å². The average molecular weight is 214 g/mol. The molecule has 1 aliphatic heterocycles. The quantitative estimate of drug-likeness (QED) is 0.642. The molecule has 0 bridgehead atoms. The Morgan fingerprint density at radius 3 is 2.73 bits per heavy atom. The molecule has 0 radical (unpaired) electrons. The molecular weight excluding hydrogens is 196 g/mol. The molecule has 1 aliphatic rings. The number of nitrogens with one attached hydrogen (secondary N) is 1. The lowest BCUT2D eigenvalue weighted by molar-refractivity contribution is -0.113. The van der Waals surface area contributed by atoms with E-state index < -0.39 is 17.7 Å². The number of piperazine rings is 1. The first-order chi connectivity index (χ1) is 6.94. The molecule has 5 heteroatoms. The largest absolute Gasteiger partial charge is 0.444 e. The van der Waals surface area contributed by atoms with Crippen molar-refractivity contribution in [3.63, 3.8) is 0 Å². The van der Waals surface area contributed by atoms with Gasteiger partial charge in [0.15, 0.2) is 0 Å². The Kier molecular flexibility index (Phi) is 3.68. The molecule has 1 amide bonds. The van der Waals surface area contributed by atoms with Crippen LogP contribution < -0.4 is 5.32 Å². The van der Waals surface area contributed by atoms with Gasteiger partial charge in [-0.15, -0.1) is 0 Å². The molecule has 1 unspecified atom stereocenters. The summed E-state index contributed by atoms with van der Waals surface area (Å²) in [5.41, 5.74) is -0.518. The molecule has 15 heavy (non-hydrogen) atoms. The summed E-state index contributed by atoms with van der Waals surface area (Å²) in [4.78, 5) is 23.9. The first kappa shape index (κ1) is 12.0. The second-order valence-corrected chi connectivity index (χ2v) is 4.58. The highest BCUT2D eigenvalue weighted by Gasteiger charge is 2.29. The van der Waals surface area contributed by atoms with E-state index in [1.54, 1.807) is 0 Å². The topological polar surface area (TPSA) is 58.6 Å². The van der Waals surface area contributed by atoms with Gasteiger partial charge in [-0.3, -0.25) is 4.90 Å². The van der Waals surface area contributed by atoms with Crippen LogP contribution in [0.3, 0.4) is 0 Å². The van der Waals surface area contributed by atoms with Gasteiger partial charge in [-0.25, -0.2) is 4.79 Å². The van der Waals surface area contributed by atoms with E-state index in [4.69, 9.17) is 4.74 Å². The zero-order valence-electron chi connectivity index (χ0n) is 9.45. The van der Waals surface area contributed by atoms with Gasteiger partial charge < -0.3 is 14.8 Å². The summed E-state index contributed by atoms with van der Waals surface area (Å²) in [6.07, 6.45) is 0.358. The molecule has 1 heterocycles. The van der Waals surface area contributed by atoms with Gasteiger partial charge in [0.2, 0.25) is 0 Å². The van der Waals surface area contributed by atoms with Crippen molar-refractivity contribution < 1.29 is 14.3 Å². The summed E-state index contributed by atoms with van der Waals surface area (Å²) >= 11 is 0. The number of carbonyl (C=O) groups excluding carboxylic acids is 2. The van der Waals surface area contributed by atoms with E-state index in [1.165, 1.54) is 4.90 Å². The van der Waals surface area contributed by atoms with Gasteiger partial charge in [-0.05, 0) is 20.8 Å². The molecule has 1 saturated heterocycles. The van der Waals surface area contributed by atoms with E-state index in [-0.39, 0.29) is 0 Å². The van der Waals surface area contributed by atoms with Gasteiger partial charge in [0.25, 0.3) is 0 Å². The third-order valence-corrected chi connectivity index (χ3v) is 2.07. The zero-order chi connectivity index (χ0) is 11.5. The van der Waals surface area contributed by atoms with E-state index in [1.807, 2.05) is 20.8 Å². The Morgan fingerprint density at radius 1 is 1.53 bits per heavy atom. The normalized spacial score (nSPS) is 22.3. The first-order valence-electron chi connectivity index (χ1n) is 5.09. The Hall–Kier alpha value is -1.10. The number of carbonyl (C=O) groups is 2. The van der Waals surface area contributed by atoms with Crippen molar-refractivity contribution in [2.24, 2.45) is 0 Å². The lowest BCUT2D eigenvalue weighted by Crippen LogP contribution is -2.55. The minimum Gasteiger partial charge on any atom is -0.444 e. The Balaban J connectivity index is 2.60. The fraction of sp³-hybridized carbons (Fsp3) is 0.800. The summed E-state index contributed by atoms with van der Waals surface area (Å²) in [5, 5.41) is 3.05. The Bertz CT molecular complexity index is 248. The molecule has 1 fully saturated rings. The molecule has 1 N–H and O–H groups in total. The zero-order valence-corrected chi connectivity index (χ0v) is 9.45. The van der Waals surface area contributed by atoms with Crippen molar-refractivity contribution in [1.82, 2.24) is 10.2 Å². The summed E-state index contributed by atoms with van der Waals surface area (Å²) in [7, 11) is 0. The highest BCUT2D eigenvalue weighted by molar-refractivity contribution is 5.74. The van der Waals surface area contributed by atoms with Crippen LogP contribution in [0.5, 0.6) is 0 Å². The van der Waals surface area contributed by atoms with Crippen molar-refractivity contribution in [2.75, 3.05) is 19.6 Å². The van der Waals surface area contributed by atoms with Crippen LogP contribution in [0.1, 0.15) is 20.8 Å². The van der Waals surface area contributed by atoms with Crippen LogP contribution in [0, 0.1) is 0 Å². The van der Waals surface area contributed by atoms with Crippen LogP contribution >= 0.6 is 0 Å². The molecule has 0 aromatic rings. The second kappa shape index (κ2) is 4.61. The molecule has 1 atom stereocenters. The van der Waals surface area contributed by atoms with E-state index in [9.17, 15) is 9.59 Å². The van der Waals surface area contributed by atoms with Crippen molar-refractivity contribution in [3.8, 4) is 0 Å². The molecule has 0 saturated carbocycles. The minimum absolute atomic E-state index is 0.409. The molecule has 1 rings (SSSR count). The highest BCUT2D eigenvalue weighted by Crippen LogP contribution is 2.12. The van der Waals surface area contributed by atoms with Crippen LogP contribution in [0.25, 0.3) is 0 Å². The van der Waals surface area contributed by atoms with Gasteiger partial charge in [0, 0.05) is 19.6 Å². The van der Waals surface area contributed by atoms with Crippen molar-refractivity contribution in [1.29, 1.82) is 0 Å². The van der Waals surface area contributed by atoms with Crippen molar-refractivity contribution in [2.45, 2.75) is 32.4 Å². The maximum Gasteiger partial charge on any atom is 0.410 e. The van der Waals surface area contributed by atoms with Crippen LogP contribution in [0.2, 0.25) is 0 Å². The Morgan fingerprint density at radius 2 is 2.20 bits per heavy atom. The number of nitrogens with zero attached hydrogens (tertiary/aromatic N) is 1. The number of aldehydes is 1. The molecule has 0 aromatic carbocycles. The second-order valence-electron chi connectivity index (χ2n) is 4.58. The molecule has 0 spiro atoms. The smallest absolute Gasteiger partial charge is 0.410 e. The Labute approximate surface area is 89.8 Å². The number of hydrogen-bond acceptors (Lipinski definition) is 4. The third kappa shape index (κ3) is 3.51. The van der Waals surface area contributed by atoms with E-state index >= 15 is 0 Å². The lowest BCUT2D eigenvalue weighted by atomic mass is 10.2. The fourth-order valence-electron chi connectivity index (χ4n) is 1.39. The maximum atomic E-state index is 11.7. The SMILES string of the molecule is CC(C)(C)OC(=O)N1CCNCC1C=O. The standard InChI is InChI=1S/C10H18N2O3/c1-10(2,3)15-9(14)12-5-4-11-6-8(12)7-13/h7-8,11H,4-6H2,1-3H3. The first-order valence-corrected chi connectivity index (χ1v) is 5.09. The van der Waals surface area contributed by atoms with Crippen molar-refractivity contribution >= 4 is 12.4 Å². The predicted molar refractivity (Wildman–Crippen MR) is 55.7 cm³/mol. The summed E-state index contributed by atoms with van der Waals surface area (Å²) in [6, 6.07) is -0.409. The average Bonchev–Trinajstić information content (AvgIpc) is 2.15. The van der Waals surface area contributed by atoms with Crippen LogP contribution in [-0.4, -0.2) is 48.6 Å². The van der Waals surface area contributed by atoms with Gasteiger partial charge in [-0.2, -0.15) is 0 Å². The number of rotatable bonds is 1. The maximum absolute atomic E-state index is 11.7. The van der Waals surface area contributed by atoms with Gasteiger partial charge in [0.1, 0.15) is 17.9 Å². The minimum atomic E-state index is -0.518. The van der Waals surface area contributed by atoms with Gasteiger partial charge >= 0.3 is 6.09 Å².